The molecular formula is C22H13F2N7O2. The molecule has 0 N–H and O–H groups in total. The van der Waals surface area contributed by atoms with Crippen molar-refractivity contribution in [1.82, 2.24) is 29.9 Å². The molecule has 0 unspecified atom stereocenters. The van der Waals surface area contributed by atoms with Crippen LogP contribution in [0.2, 0.25) is 0 Å². The van der Waals surface area contributed by atoms with Gasteiger partial charge in [-0.3, -0.25) is 14.8 Å². The van der Waals surface area contributed by atoms with E-state index in [0.717, 1.165) is 6.07 Å². The lowest BCUT2D eigenvalue weighted by Gasteiger charge is -2.06. The van der Waals surface area contributed by atoms with E-state index >= 15 is 0 Å². The van der Waals surface area contributed by atoms with Crippen LogP contribution < -0.4 is 0 Å². The zero-order valence-electron chi connectivity index (χ0n) is 16.8. The third-order valence-electron chi connectivity index (χ3n) is 4.92. The Hall–Kier alpha value is -4.67. The van der Waals surface area contributed by atoms with Crippen molar-refractivity contribution >= 4 is 5.69 Å². The van der Waals surface area contributed by atoms with Gasteiger partial charge in [-0.05, 0) is 36.4 Å². The van der Waals surface area contributed by atoms with E-state index in [-0.39, 0.29) is 17.1 Å². The van der Waals surface area contributed by atoms with Gasteiger partial charge in [0.1, 0.15) is 11.4 Å². The van der Waals surface area contributed by atoms with Crippen LogP contribution in [0.15, 0.2) is 67.0 Å². The molecular weight excluding hydrogens is 432 g/mol. The molecule has 5 rings (SSSR count). The van der Waals surface area contributed by atoms with E-state index < -0.39 is 16.6 Å². The van der Waals surface area contributed by atoms with Gasteiger partial charge in [-0.2, -0.15) is 15.3 Å². The maximum absolute atomic E-state index is 14.1. The maximum Gasteiger partial charge on any atom is 0.269 e. The Kier molecular flexibility index (Phi) is 4.98. The van der Waals surface area contributed by atoms with Crippen LogP contribution in [0.25, 0.3) is 34.0 Å². The van der Waals surface area contributed by atoms with Crippen molar-refractivity contribution in [2.24, 2.45) is 0 Å². The van der Waals surface area contributed by atoms with E-state index in [1.807, 2.05) is 0 Å². The first-order valence-electron chi connectivity index (χ1n) is 9.70. The van der Waals surface area contributed by atoms with Gasteiger partial charge in [-0.15, -0.1) is 0 Å². The van der Waals surface area contributed by atoms with Crippen LogP contribution >= 0.6 is 0 Å². The van der Waals surface area contributed by atoms with Crippen LogP contribution in [0.4, 0.5) is 14.5 Å². The first-order valence-corrected chi connectivity index (χ1v) is 9.70. The molecule has 0 aliphatic carbocycles. The SMILES string of the molecule is O=[N+]([O-])c1ccc(-c2ccc(Cn3cc4nc(-c5cccc(F)c5F)nc-4cn3)nn2)cc1. The lowest BCUT2D eigenvalue weighted by molar-refractivity contribution is -0.384. The second-order valence-corrected chi connectivity index (χ2v) is 7.10. The molecule has 11 heteroatoms. The number of halogens is 2. The minimum atomic E-state index is -1.00. The molecule has 0 radical (unpaired) electrons. The molecule has 0 saturated carbocycles. The standard InChI is InChI=1S/C22H13F2N7O2/c23-17-3-1-2-16(21(17)24)22-26-19-10-25-30(12-20(19)27-22)11-14-6-9-18(29-28-14)13-4-7-15(8-5-13)31(32)33/h1-10,12H,11H2. The highest BCUT2D eigenvalue weighted by Crippen LogP contribution is 2.27. The van der Waals surface area contributed by atoms with Gasteiger partial charge in [0, 0.05) is 17.7 Å². The highest BCUT2D eigenvalue weighted by atomic mass is 19.2. The van der Waals surface area contributed by atoms with Gasteiger partial charge in [-0.1, -0.05) is 6.07 Å². The average Bonchev–Trinajstić information content (AvgIpc) is 3.24. The molecule has 2 aliphatic rings. The zero-order chi connectivity index (χ0) is 22.9. The van der Waals surface area contributed by atoms with E-state index in [1.165, 1.54) is 30.5 Å². The summed E-state index contributed by atoms with van der Waals surface area (Å²) in [6, 6.07) is 13.4. The Labute approximate surface area is 184 Å². The number of hydrogen-bond acceptors (Lipinski definition) is 7. The molecule has 0 bridgehead atoms. The van der Waals surface area contributed by atoms with Gasteiger partial charge in [-0.25, -0.2) is 18.7 Å². The Bertz CT molecular complexity index is 1440. The summed E-state index contributed by atoms with van der Waals surface area (Å²) < 4.78 is 29.2. The molecule has 0 spiro atoms. The van der Waals surface area contributed by atoms with Gasteiger partial charge >= 0.3 is 0 Å². The fourth-order valence-corrected chi connectivity index (χ4v) is 3.26. The van der Waals surface area contributed by atoms with Crippen molar-refractivity contribution in [3.05, 3.63) is 94.4 Å². The number of nitrogens with zero attached hydrogens (tertiary/aromatic N) is 7. The zero-order valence-corrected chi connectivity index (χ0v) is 16.8. The molecule has 33 heavy (non-hydrogen) atoms. The molecule has 1 aromatic heterocycles. The number of non-ortho nitro benzene ring substituents is 1. The molecule has 162 valence electrons. The smallest absolute Gasteiger partial charge is 0.264 e. The van der Waals surface area contributed by atoms with Crippen LogP contribution in [0, 0.1) is 21.7 Å². The summed E-state index contributed by atoms with van der Waals surface area (Å²) in [5.41, 5.74) is 2.80. The Morgan fingerprint density at radius 2 is 1.70 bits per heavy atom. The second kappa shape index (κ2) is 8.11. The number of aromatic nitrogens is 6. The molecule has 2 aliphatic heterocycles. The number of hydrogen-bond donors (Lipinski definition) is 0. The first-order chi connectivity index (χ1) is 16.0. The normalized spacial score (nSPS) is 11.1. The lowest BCUT2D eigenvalue weighted by Crippen LogP contribution is -2.07. The van der Waals surface area contributed by atoms with Crippen LogP contribution in [0.3, 0.4) is 0 Å². The molecule has 0 atom stereocenters. The van der Waals surface area contributed by atoms with Crippen LogP contribution in [-0.4, -0.2) is 34.9 Å². The van der Waals surface area contributed by atoms with E-state index in [9.17, 15) is 18.9 Å². The average molecular weight is 445 g/mol. The summed E-state index contributed by atoms with van der Waals surface area (Å²) in [6.45, 7) is 0.292. The fraction of sp³-hybridized carbons (Fsp3) is 0.0455. The minimum absolute atomic E-state index is 0.0000943. The van der Waals surface area contributed by atoms with Gasteiger partial charge in [0.25, 0.3) is 5.69 Å². The molecule has 0 amide bonds. The molecule has 9 nitrogen and oxygen atoms in total. The summed E-state index contributed by atoms with van der Waals surface area (Å²) in [6.07, 6.45) is 3.12. The topological polar surface area (TPSA) is 113 Å². The Morgan fingerprint density at radius 1 is 0.909 bits per heavy atom. The quantitative estimate of drug-likeness (QED) is 0.295. The van der Waals surface area contributed by atoms with E-state index in [1.54, 1.807) is 35.1 Å². The summed E-state index contributed by atoms with van der Waals surface area (Å²) >= 11 is 0. The number of fused-ring (bicyclic) bond motifs is 1. The number of nitro groups is 1. The maximum atomic E-state index is 14.1. The highest BCUT2D eigenvalue weighted by molar-refractivity contribution is 5.65. The number of imidazole rings is 1. The summed E-state index contributed by atoms with van der Waals surface area (Å²) in [5.74, 6) is -1.89. The van der Waals surface area contributed by atoms with Crippen molar-refractivity contribution in [3.63, 3.8) is 0 Å². The molecule has 3 heterocycles. The summed E-state index contributed by atoms with van der Waals surface area (Å²) in [4.78, 5) is 18.8. The third-order valence-corrected chi connectivity index (χ3v) is 4.92. The van der Waals surface area contributed by atoms with E-state index in [0.29, 0.717) is 34.9 Å². The van der Waals surface area contributed by atoms with Gasteiger partial charge in [0.05, 0.1) is 40.8 Å². The van der Waals surface area contributed by atoms with E-state index in [4.69, 9.17) is 0 Å². The predicted octanol–water partition coefficient (Wildman–Crippen LogP) is 4.14. The number of benzene rings is 2. The number of rotatable bonds is 5. The van der Waals surface area contributed by atoms with Crippen molar-refractivity contribution in [1.29, 1.82) is 0 Å². The van der Waals surface area contributed by atoms with Crippen molar-refractivity contribution < 1.29 is 13.7 Å². The Morgan fingerprint density at radius 3 is 2.42 bits per heavy atom. The molecule has 2 aromatic carbocycles. The fourth-order valence-electron chi connectivity index (χ4n) is 3.26. The summed E-state index contributed by atoms with van der Waals surface area (Å²) in [7, 11) is 0. The number of nitro benzene ring substituents is 1. The van der Waals surface area contributed by atoms with Crippen LogP contribution in [0.1, 0.15) is 5.69 Å². The predicted molar refractivity (Wildman–Crippen MR) is 113 cm³/mol. The van der Waals surface area contributed by atoms with Crippen molar-refractivity contribution in [2.75, 3.05) is 0 Å². The van der Waals surface area contributed by atoms with Gasteiger partial charge in [0.2, 0.25) is 0 Å². The minimum Gasteiger partial charge on any atom is -0.264 e. The van der Waals surface area contributed by atoms with Crippen molar-refractivity contribution in [3.8, 4) is 34.0 Å². The van der Waals surface area contributed by atoms with Gasteiger partial charge in [0.15, 0.2) is 17.5 Å². The van der Waals surface area contributed by atoms with Crippen molar-refractivity contribution in [2.45, 2.75) is 6.54 Å². The second-order valence-electron chi connectivity index (χ2n) is 7.10. The van der Waals surface area contributed by atoms with E-state index in [2.05, 4.69) is 25.3 Å². The van der Waals surface area contributed by atoms with Gasteiger partial charge < -0.3 is 0 Å². The first kappa shape index (κ1) is 20.2. The summed E-state index contributed by atoms with van der Waals surface area (Å²) in [5, 5.41) is 23.4. The van der Waals surface area contributed by atoms with Crippen LogP contribution in [-0.2, 0) is 6.54 Å². The lowest BCUT2D eigenvalue weighted by atomic mass is 10.1. The highest BCUT2D eigenvalue weighted by Gasteiger charge is 2.18. The Balaban J connectivity index is 1.36. The molecule has 0 fully saturated rings. The largest absolute Gasteiger partial charge is 0.269 e. The monoisotopic (exact) mass is 445 g/mol. The third kappa shape index (κ3) is 3.99. The molecule has 0 saturated heterocycles. The van der Waals surface area contributed by atoms with Crippen LogP contribution in [0.5, 0.6) is 0 Å². The molecule has 3 aromatic rings.